The number of aliphatic carboxylic acids is 1. The number of hydrogen-bond acceptors (Lipinski definition) is 3. The number of halogens is 4. The van der Waals surface area contributed by atoms with Gasteiger partial charge in [0.1, 0.15) is 0 Å². The van der Waals surface area contributed by atoms with Gasteiger partial charge in [-0.1, -0.05) is 23.7 Å². The van der Waals surface area contributed by atoms with Crippen molar-refractivity contribution in [2.75, 3.05) is 11.9 Å². The zero-order chi connectivity index (χ0) is 19.3. The number of carboxylic acid groups (broad SMARTS) is 1. The third-order valence-corrected chi connectivity index (χ3v) is 3.61. The molecule has 138 valence electrons. The quantitative estimate of drug-likeness (QED) is 0.694. The Morgan fingerprint density at radius 1 is 1.04 bits per heavy atom. The molecule has 0 spiro atoms. The number of carbonyl (C=O) groups is 2. The van der Waals surface area contributed by atoms with Crippen molar-refractivity contribution in [3.8, 4) is 0 Å². The van der Waals surface area contributed by atoms with Crippen LogP contribution >= 0.6 is 11.6 Å². The number of hydrogen-bond donors (Lipinski definition) is 1. The molecular formula is C17H13ClF3KN2O3. The molecule has 0 atom stereocenters. The van der Waals surface area contributed by atoms with E-state index in [4.69, 9.17) is 11.6 Å². The van der Waals surface area contributed by atoms with E-state index in [9.17, 15) is 27.9 Å². The summed E-state index contributed by atoms with van der Waals surface area (Å²) in [5.74, 6) is -1.50. The minimum atomic E-state index is -4.48. The molecule has 2 aromatic carbocycles. The molecule has 10 heteroatoms. The molecule has 0 radical (unpaired) electrons. The van der Waals surface area contributed by atoms with Crippen LogP contribution in [0.5, 0.6) is 0 Å². The third kappa shape index (κ3) is 7.80. The van der Waals surface area contributed by atoms with Gasteiger partial charge in [-0.15, -0.1) is 0 Å². The number of nitrogens with zero attached hydrogens (tertiary/aromatic N) is 1. The maximum absolute atomic E-state index is 12.6. The number of carboxylic acids is 1. The van der Waals surface area contributed by atoms with Gasteiger partial charge in [0.25, 0.3) is 0 Å². The van der Waals surface area contributed by atoms with Crippen LogP contribution in [-0.2, 0) is 17.5 Å². The fourth-order valence-corrected chi connectivity index (χ4v) is 2.24. The van der Waals surface area contributed by atoms with E-state index < -0.39 is 30.3 Å². The molecule has 1 N–H and O–H groups in total. The minimum Gasteiger partial charge on any atom is -0.548 e. The molecule has 2 rings (SSSR count). The van der Waals surface area contributed by atoms with Gasteiger partial charge in [0, 0.05) is 17.3 Å². The normalized spacial score (nSPS) is 10.7. The van der Waals surface area contributed by atoms with Crippen molar-refractivity contribution in [1.82, 2.24) is 4.90 Å². The van der Waals surface area contributed by atoms with Crippen molar-refractivity contribution in [3.63, 3.8) is 0 Å². The smallest absolute Gasteiger partial charge is 0.548 e. The van der Waals surface area contributed by atoms with E-state index in [1.807, 2.05) is 0 Å². The minimum absolute atomic E-state index is 0. The monoisotopic (exact) mass is 424 g/mol. The van der Waals surface area contributed by atoms with Crippen LogP contribution in [0.15, 0.2) is 48.5 Å². The molecule has 2 amide bonds. The van der Waals surface area contributed by atoms with Crippen molar-refractivity contribution < 1.29 is 79.3 Å². The van der Waals surface area contributed by atoms with Gasteiger partial charge in [0.2, 0.25) is 0 Å². The van der Waals surface area contributed by atoms with Gasteiger partial charge < -0.3 is 20.1 Å². The van der Waals surface area contributed by atoms with Crippen LogP contribution in [0.2, 0.25) is 5.02 Å². The van der Waals surface area contributed by atoms with E-state index in [1.165, 1.54) is 36.4 Å². The number of benzene rings is 2. The number of rotatable bonds is 5. The first-order chi connectivity index (χ1) is 12.1. The topological polar surface area (TPSA) is 72.5 Å². The van der Waals surface area contributed by atoms with E-state index >= 15 is 0 Å². The summed E-state index contributed by atoms with van der Waals surface area (Å²) in [4.78, 5) is 24.1. The number of nitrogens with one attached hydrogen (secondary N) is 1. The van der Waals surface area contributed by atoms with E-state index in [0.717, 1.165) is 17.0 Å². The van der Waals surface area contributed by atoms with Crippen molar-refractivity contribution in [1.29, 1.82) is 0 Å². The van der Waals surface area contributed by atoms with Gasteiger partial charge in [-0.3, -0.25) is 0 Å². The van der Waals surface area contributed by atoms with Crippen molar-refractivity contribution in [3.05, 3.63) is 64.7 Å². The van der Waals surface area contributed by atoms with E-state index in [1.54, 1.807) is 0 Å². The van der Waals surface area contributed by atoms with Crippen LogP contribution in [0.25, 0.3) is 0 Å². The summed E-state index contributed by atoms with van der Waals surface area (Å²) >= 11 is 5.74. The number of carbonyl (C=O) groups excluding carboxylic acids is 2. The molecule has 0 bridgehead atoms. The zero-order valence-electron chi connectivity index (χ0n) is 14.2. The SMILES string of the molecule is O=C([O-])CN(Cc1ccc(C(F)(F)F)cc1)C(=O)Nc1ccc(Cl)cc1.[K+]. The third-order valence-electron chi connectivity index (χ3n) is 3.36. The summed E-state index contributed by atoms with van der Waals surface area (Å²) in [5, 5.41) is 13.8. The van der Waals surface area contributed by atoms with Crippen LogP contribution in [0.4, 0.5) is 23.7 Å². The predicted octanol–water partition coefficient (Wildman–Crippen LogP) is 0.147. The zero-order valence-corrected chi connectivity index (χ0v) is 18.1. The number of urea groups is 1. The Bertz CT molecular complexity index is 784. The Kier molecular flexibility index (Phi) is 9.26. The standard InChI is InChI=1S/C17H14ClF3N2O3.K/c18-13-5-7-14(8-6-13)22-16(26)23(10-15(24)25)9-11-1-3-12(4-2-11)17(19,20)21;/h1-8H,9-10H2,(H,22,26)(H,24,25);/q;+1/p-1. The van der Waals surface area contributed by atoms with Crippen LogP contribution in [-0.4, -0.2) is 23.4 Å². The van der Waals surface area contributed by atoms with Crippen molar-refractivity contribution in [2.45, 2.75) is 12.7 Å². The van der Waals surface area contributed by atoms with Crippen LogP contribution in [0.1, 0.15) is 11.1 Å². The summed E-state index contributed by atoms with van der Waals surface area (Å²) in [6.45, 7) is -0.925. The summed E-state index contributed by atoms with van der Waals surface area (Å²) in [6, 6.07) is 9.47. The van der Waals surface area contributed by atoms with Gasteiger partial charge in [-0.25, -0.2) is 4.79 Å². The van der Waals surface area contributed by atoms with Gasteiger partial charge >= 0.3 is 63.6 Å². The average molecular weight is 425 g/mol. The molecule has 0 aliphatic heterocycles. The van der Waals surface area contributed by atoms with Crippen LogP contribution in [0.3, 0.4) is 0 Å². The maximum atomic E-state index is 12.6. The largest absolute Gasteiger partial charge is 1.00 e. The molecular weight excluding hydrogens is 412 g/mol. The Labute approximate surface area is 200 Å². The second-order valence-corrected chi connectivity index (χ2v) is 5.80. The Morgan fingerprint density at radius 3 is 2.07 bits per heavy atom. The molecule has 27 heavy (non-hydrogen) atoms. The van der Waals surface area contributed by atoms with Crippen molar-refractivity contribution in [2.24, 2.45) is 0 Å². The summed E-state index contributed by atoms with van der Waals surface area (Å²) in [7, 11) is 0. The fraction of sp³-hybridized carbons (Fsp3) is 0.176. The molecule has 0 aromatic heterocycles. The molecule has 0 fully saturated rings. The Hall–Kier alpha value is -1.10. The molecule has 0 saturated heterocycles. The molecule has 2 aromatic rings. The second kappa shape index (κ2) is 10.4. The van der Waals surface area contributed by atoms with Gasteiger partial charge in [0.05, 0.1) is 18.1 Å². The Morgan fingerprint density at radius 2 is 1.59 bits per heavy atom. The fourth-order valence-electron chi connectivity index (χ4n) is 2.11. The number of anilines is 1. The van der Waals surface area contributed by atoms with Gasteiger partial charge in [-0.2, -0.15) is 13.2 Å². The molecule has 5 nitrogen and oxygen atoms in total. The first-order valence-electron chi connectivity index (χ1n) is 7.32. The maximum Gasteiger partial charge on any atom is 1.00 e. The van der Waals surface area contributed by atoms with E-state index in [-0.39, 0.29) is 57.9 Å². The summed E-state index contributed by atoms with van der Waals surface area (Å²) in [5.41, 5.74) is -0.112. The number of alkyl halides is 3. The Balaban J connectivity index is 0.00000364. The van der Waals surface area contributed by atoms with E-state index in [2.05, 4.69) is 5.32 Å². The van der Waals surface area contributed by atoms with Crippen molar-refractivity contribution >= 4 is 29.3 Å². The average Bonchev–Trinajstić information content (AvgIpc) is 2.55. The molecule has 0 saturated carbocycles. The van der Waals surface area contributed by atoms with Gasteiger partial charge in [0.15, 0.2) is 0 Å². The molecule has 0 heterocycles. The first-order valence-corrected chi connectivity index (χ1v) is 7.70. The molecule has 0 aliphatic rings. The molecule has 0 aliphatic carbocycles. The second-order valence-electron chi connectivity index (χ2n) is 5.36. The van der Waals surface area contributed by atoms with Gasteiger partial charge in [-0.05, 0) is 42.0 Å². The summed E-state index contributed by atoms with van der Waals surface area (Å²) < 4.78 is 37.7. The number of amides is 2. The summed E-state index contributed by atoms with van der Waals surface area (Å²) in [6.07, 6.45) is -4.48. The van der Waals surface area contributed by atoms with E-state index in [0.29, 0.717) is 16.3 Å². The first kappa shape index (κ1) is 23.9. The molecule has 0 unspecified atom stereocenters. The van der Waals surface area contributed by atoms with Crippen LogP contribution in [0, 0.1) is 0 Å². The van der Waals surface area contributed by atoms with Crippen LogP contribution < -0.4 is 61.8 Å². The predicted molar refractivity (Wildman–Crippen MR) is 87.3 cm³/mol.